The van der Waals surface area contributed by atoms with Gasteiger partial charge < -0.3 is 43.8 Å². The zero-order valence-corrected chi connectivity index (χ0v) is 25.6. The van der Waals surface area contributed by atoms with Crippen molar-refractivity contribution in [3.63, 3.8) is 0 Å². The lowest BCUT2D eigenvalue weighted by Crippen LogP contribution is -3.00. The second kappa shape index (κ2) is 19.3. The van der Waals surface area contributed by atoms with Gasteiger partial charge in [0.1, 0.15) is 24.2 Å². The Morgan fingerprint density at radius 3 is 1.28 bits per heavy atom. The summed E-state index contributed by atoms with van der Waals surface area (Å²) in [6.07, 6.45) is 15.2. The lowest BCUT2D eigenvalue weighted by atomic mass is 10.1. The molecular weight excluding hydrogens is 584 g/mol. The molecule has 0 atom stereocenters. The number of aromatic nitrogens is 2. The van der Waals surface area contributed by atoms with Gasteiger partial charge in [0, 0.05) is 51.2 Å². The van der Waals surface area contributed by atoms with Crippen molar-refractivity contribution in [2.24, 2.45) is 0 Å². The molecule has 0 bridgehead atoms. The van der Waals surface area contributed by atoms with Crippen molar-refractivity contribution in [2.75, 3.05) is 26.2 Å². The van der Waals surface area contributed by atoms with Gasteiger partial charge in [-0.2, -0.15) is 0 Å². The summed E-state index contributed by atoms with van der Waals surface area (Å²) in [7, 11) is 0. The molecule has 2 aromatic rings. The number of carbonyl (C=O) groups is 2. The second-order valence-electron chi connectivity index (χ2n) is 8.74. The van der Waals surface area contributed by atoms with Crippen LogP contribution in [0.25, 0.3) is 0 Å². The standard InChI is InChI=1S/C28H44N4O2.2BrH/c1-5-31(6-2)27(33)25-17-15-21-29(23-25)19-13-11-9-10-12-14-20-30-22-16-18-26(24-30)28(34)32(7-3)8-4;;/h15-18,21-24H,5-14,19-20H2,1-4H3;2*1H/q+2;;/p-2. The van der Waals surface area contributed by atoms with Crippen molar-refractivity contribution in [3.8, 4) is 0 Å². The van der Waals surface area contributed by atoms with E-state index < -0.39 is 0 Å². The maximum Gasteiger partial charge on any atom is 0.259 e. The molecule has 8 heteroatoms. The largest absolute Gasteiger partial charge is 1.00 e. The van der Waals surface area contributed by atoms with Gasteiger partial charge in [0.05, 0.1) is 0 Å². The van der Waals surface area contributed by atoms with E-state index in [1.54, 1.807) is 0 Å². The number of unbranched alkanes of at least 4 members (excludes halogenated alkanes) is 5. The summed E-state index contributed by atoms with van der Waals surface area (Å²) < 4.78 is 4.28. The quantitative estimate of drug-likeness (QED) is 0.174. The fourth-order valence-electron chi connectivity index (χ4n) is 4.26. The van der Waals surface area contributed by atoms with Gasteiger partial charge in [-0.25, -0.2) is 9.13 Å². The molecule has 0 spiro atoms. The fourth-order valence-corrected chi connectivity index (χ4v) is 4.26. The summed E-state index contributed by atoms with van der Waals surface area (Å²) >= 11 is 0. The van der Waals surface area contributed by atoms with Crippen molar-refractivity contribution in [1.82, 2.24) is 9.80 Å². The van der Waals surface area contributed by atoms with Crippen LogP contribution in [0, 0.1) is 0 Å². The van der Waals surface area contributed by atoms with E-state index in [1.807, 2.05) is 74.2 Å². The summed E-state index contributed by atoms with van der Waals surface area (Å²) in [6, 6.07) is 7.76. The number of nitrogens with zero attached hydrogens (tertiary/aromatic N) is 4. The molecule has 0 saturated carbocycles. The molecule has 2 aromatic heterocycles. The lowest BCUT2D eigenvalue weighted by molar-refractivity contribution is -0.697. The molecule has 0 fully saturated rings. The van der Waals surface area contributed by atoms with E-state index >= 15 is 0 Å². The Morgan fingerprint density at radius 2 is 0.944 bits per heavy atom. The third kappa shape index (κ3) is 11.1. The molecule has 36 heavy (non-hydrogen) atoms. The number of hydrogen-bond acceptors (Lipinski definition) is 2. The molecule has 2 heterocycles. The van der Waals surface area contributed by atoms with Crippen LogP contribution in [0.5, 0.6) is 0 Å². The maximum absolute atomic E-state index is 12.5. The molecule has 0 radical (unpaired) electrons. The number of rotatable bonds is 15. The average Bonchev–Trinajstić information content (AvgIpc) is 2.87. The van der Waals surface area contributed by atoms with Crippen molar-refractivity contribution in [3.05, 3.63) is 60.2 Å². The van der Waals surface area contributed by atoms with Gasteiger partial charge in [-0.05, 0) is 52.7 Å². The van der Waals surface area contributed by atoms with E-state index in [1.165, 1.54) is 25.7 Å². The molecule has 0 N–H and O–H groups in total. The molecule has 0 aliphatic carbocycles. The Hall–Kier alpha value is -1.80. The van der Waals surface area contributed by atoms with Crippen molar-refractivity contribution in [2.45, 2.75) is 79.3 Å². The number of amides is 2. The number of aryl methyl sites for hydroxylation is 2. The predicted octanol–water partition coefficient (Wildman–Crippen LogP) is -1.73. The normalized spacial score (nSPS) is 10.2. The first kappa shape index (κ1) is 34.2. The van der Waals surface area contributed by atoms with Gasteiger partial charge in [0.15, 0.2) is 24.8 Å². The van der Waals surface area contributed by atoms with Gasteiger partial charge in [-0.15, -0.1) is 0 Å². The summed E-state index contributed by atoms with van der Waals surface area (Å²) in [4.78, 5) is 28.8. The van der Waals surface area contributed by atoms with Crippen LogP contribution in [0.3, 0.4) is 0 Å². The monoisotopic (exact) mass is 626 g/mol. The molecule has 0 saturated heterocycles. The molecule has 0 aromatic carbocycles. The van der Waals surface area contributed by atoms with Gasteiger partial charge in [-0.3, -0.25) is 9.59 Å². The Labute approximate surface area is 239 Å². The third-order valence-corrected chi connectivity index (χ3v) is 6.39. The van der Waals surface area contributed by atoms with Crippen LogP contribution in [-0.2, 0) is 13.1 Å². The summed E-state index contributed by atoms with van der Waals surface area (Å²) in [5.74, 6) is 0.223. The first-order chi connectivity index (χ1) is 16.5. The van der Waals surface area contributed by atoms with Gasteiger partial charge in [0.2, 0.25) is 0 Å². The van der Waals surface area contributed by atoms with Gasteiger partial charge in [-0.1, -0.05) is 12.8 Å². The van der Waals surface area contributed by atoms with E-state index in [4.69, 9.17) is 0 Å². The molecule has 0 aliphatic heterocycles. The third-order valence-electron chi connectivity index (χ3n) is 6.39. The van der Waals surface area contributed by atoms with Crippen LogP contribution in [0.15, 0.2) is 49.1 Å². The molecule has 202 valence electrons. The first-order valence-electron chi connectivity index (χ1n) is 13.1. The average molecular weight is 628 g/mol. The Balaban J connectivity index is 0.00000612. The molecule has 6 nitrogen and oxygen atoms in total. The number of halogens is 2. The van der Waals surface area contributed by atoms with E-state index in [-0.39, 0.29) is 45.8 Å². The second-order valence-corrected chi connectivity index (χ2v) is 8.74. The maximum atomic E-state index is 12.5. The molecule has 0 aliphatic rings. The van der Waals surface area contributed by atoms with E-state index in [0.29, 0.717) is 0 Å². The van der Waals surface area contributed by atoms with Crippen LogP contribution in [0.4, 0.5) is 0 Å². The van der Waals surface area contributed by atoms with Crippen LogP contribution in [0.1, 0.15) is 86.9 Å². The van der Waals surface area contributed by atoms with Crippen LogP contribution >= 0.6 is 0 Å². The van der Waals surface area contributed by atoms with Crippen LogP contribution in [-0.4, -0.2) is 47.8 Å². The minimum absolute atomic E-state index is 0. The van der Waals surface area contributed by atoms with Crippen molar-refractivity contribution >= 4 is 11.8 Å². The van der Waals surface area contributed by atoms with Gasteiger partial charge >= 0.3 is 0 Å². The van der Waals surface area contributed by atoms with E-state index in [9.17, 15) is 9.59 Å². The number of hydrogen-bond donors (Lipinski definition) is 0. The summed E-state index contributed by atoms with van der Waals surface area (Å²) in [5.41, 5.74) is 1.54. The van der Waals surface area contributed by atoms with Crippen molar-refractivity contribution < 1.29 is 52.7 Å². The Morgan fingerprint density at radius 1 is 0.611 bits per heavy atom. The molecular formula is C28H44Br2N4O2. The molecule has 2 amide bonds. The Bertz CT molecular complexity index is 829. The van der Waals surface area contributed by atoms with E-state index in [2.05, 4.69) is 21.5 Å². The molecule has 2 rings (SSSR count). The first-order valence-corrected chi connectivity index (χ1v) is 13.1. The molecule has 0 unspecified atom stereocenters. The summed E-state index contributed by atoms with van der Waals surface area (Å²) in [5, 5.41) is 0. The zero-order valence-electron chi connectivity index (χ0n) is 22.5. The minimum atomic E-state index is 0. The zero-order chi connectivity index (χ0) is 24.8. The smallest absolute Gasteiger partial charge is 0.259 e. The number of carbonyl (C=O) groups excluding carboxylic acids is 2. The van der Waals surface area contributed by atoms with E-state index in [0.717, 1.165) is 63.2 Å². The summed E-state index contributed by atoms with van der Waals surface area (Å²) in [6.45, 7) is 12.9. The SMILES string of the molecule is CCN(CC)C(=O)c1ccc[n+](CCCCCCCC[n+]2cccc(C(=O)N(CC)CC)c2)c1.[Br-].[Br-]. The van der Waals surface area contributed by atoms with Gasteiger partial charge in [0.25, 0.3) is 11.8 Å². The van der Waals surface area contributed by atoms with Crippen molar-refractivity contribution in [1.29, 1.82) is 0 Å². The Kier molecular flexibility index (Phi) is 18.4. The predicted molar refractivity (Wildman–Crippen MR) is 135 cm³/mol. The highest BCUT2D eigenvalue weighted by Crippen LogP contribution is 2.07. The topological polar surface area (TPSA) is 48.4 Å². The highest BCUT2D eigenvalue weighted by Gasteiger charge is 2.16. The van der Waals surface area contributed by atoms with Crippen LogP contribution in [0.2, 0.25) is 0 Å². The highest BCUT2D eigenvalue weighted by atomic mass is 79.9. The van der Waals surface area contributed by atoms with Crippen LogP contribution < -0.4 is 43.1 Å². The highest BCUT2D eigenvalue weighted by molar-refractivity contribution is 5.94. The fraction of sp³-hybridized carbons (Fsp3) is 0.571. The number of pyridine rings is 2. The lowest BCUT2D eigenvalue weighted by Gasteiger charge is -2.17. The minimum Gasteiger partial charge on any atom is -1.00 e.